The molecular weight excluding hydrogens is 415 g/mol. The van der Waals surface area contributed by atoms with Crippen LogP contribution in [0.4, 0.5) is 19.2 Å². The molecule has 0 aliphatic heterocycles. The van der Waals surface area contributed by atoms with Gasteiger partial charge in [0.25, 0.3) is 6.01 Å². The fourth-order valence-electron chi connectivity index (χ4n) is 4.97. The van der Waals surface area contributed by atoms with Gasteiger partial charge in [-0.15, -0.1) is 0 Å². The number of halogens is 3. The highest BCUT2D eigenvalue weighted by Crippen LogP contribution is 2.40. The van der Waals surface area contributed by atoms with Crippen molar-refractivity contribution in [1.82, 2.24) is 9.97 Å². The van der Waals surface area contributed by atoms with Gasteiger partial charge in [-0.1, -0.05) is 0 Å². The van der Waals surface area contributed by atoms with Crippen LogP contribution in [0.25, 0.3) is 22.0 Å². The number of anilines is 1. The summed E-state index contributed by atoms with van der Waals surface area (Å²) in [4.78, 5) is 8.58. The first-order valence-electron chi connectivity index (χ1n) is 11.0. The van der Waals surface area contributed by atoms with Crippen LogP contribution in [0.15, 0.2) is 47.0 Å². The Hall–Kier alpha value is -3.09. The molecule has 1 saturated carbocycles. The number of aromatic nitrogens is 2. The van der Waals surface area contributed by atoms with Crippen molar-refractivity contribution >= 4 is 28.0 Å². The molecule has 1 N–H and O–H groups in total. The molecule has 5 rings (SSSR count). The predicted octanol–water partition coefficient (Wildman–Crippen LogP) is 6.96. The van der Waals surface area contributed by atoms with Crippen LogP contribution in [0.3, 0.4) is 0 Å². The highest BCUT2D eigenvalue weighted by Gasteiger charge is 2.25. The first-order valence-corrected chi connectivity index (χ1v) is 11.0. The molecule has 0 saturated heterocycles. The van der Waals surface area contributed by atoms with E-state index in [4.69, 9.17) is 4.42 Å². The van der Waals surface area contributed by atoms with E-state index in [9.17, 15) is 13.2 Å². The summed E-state index contributed by atoms with van der Waals surface area (Å²) in [6.45, 7) is 2.04. The summed E-state index contributed by atoms with van der Waals surface area (Å²) >= 11 is 0. The van der Waals surface area contributed by atoms with E-state index >= 15 is 0 Å². The van der Waals surface area contributed by atoms with Gasteiger partial charge in [-0.05, 0) is 92.8 Å². The Kier molecular flexibility index (Phi) is 5.49. The summed E-state index contributed by atoms with van der Waals surface area (Å²) in [5.41, 5.74) is 2.14. The van der Waals surface area contributed by atoms with Gasteiger partial charge in [0.1, 0.15) is 11.3 Å². The fraction of sp³-hybridized carbons (Fsp3) is 0.360. The number of rotatable bonds is 5. The Morgan fingerprint density at radius 2 is 1.81 bits per heavy atom. The number of hydrogen-bond acceptors (Lipinski definition) is 4. The number of hydrogen-bond donors (Lipinski definition) is 1. The summed E-state index contributed by atoms with van der Waals surface area (Å²) in [6, 6.07) is 9.53. The van der Waals surface area contributed by atoms with Gasteiger partial charge in [0.15, 0.2) is 11.4 Å². The van der Waals surface area contributed by atoms with Crippen molar-refractivity contribution in [1.29, 1.82) is 0 Å². The largest absolute Gasteiger partial charge is 0.420 e. The molecule has 32 heavy (non-hydrogen) atoms. The van der Waals surface area contributed by atoms with Gasteiger partial charge in [-0.25, -0.2) is 8.78 Å². The predicted molar refractivity (Wildman–Crippen MR) is 118 cm³/mol. The van der Waals surface area contributed by atoms with Crippen LogP contribution >= 0.6 is 0 Å². The lowest BCUT2D eigenvalue weighted by Gasteiger charge is -2.31. The third-order valence-electron chi connectivity index (χ3n) is 6.53. The summed E-state index contributed by atoms with van der Waals surface area (Å²) in [5, 5.41) is 4.09. The van der Waals surface area contributed by atoms with E-state index in [-0.39, 0.29) is 23.5 Å². The van der Waals surface area contributed by atoms with E-state index in [0.29, 0.717) is 17.4 Å². The third-order valence-corrected chi connectivity index (χ3v) is 6.53. The van der Waals surface area contributed by atoms with E-state index in [0.717, 1.165) is 49.1 Å². The molecule has 4 nitrogen and oxygen atoms in total. The Balaban J connectivity index is 1.21. The highest BCUT2D eigenvalue weighted by molar-refractivity contribution is 5.82. The summed E-state index contributed by atoms with van der Waals surface area (Å²) < 4.78 is 46.4. The second-order valence-electron chi connectivity index (χ2n) is 8.79. The molecule has 0 radical (unpaired) electrons. The minimum Gasteiger partial charge on any atom is -0.420 e. The van der Waals surface area contributed by atoms with Crippen LogP contribution < -0.4 is 5.32 Å². The molecule has 2 heterocycles. The Labute approximate surface area is 183 Å². The van der Waals surface area contributed by atoms with E-state index in [2.05, 4.69) is 15.3 Å². The summed E-state index contributed by atoms with van der Waals surface area (Å²) in [6.07, 6.45) is 6.96. The van der Waals surface area contributed by atoms with Crippen molar-refractivity contribution in [2.24, 2.45) is 5.92 Å². The number of nitrogens with zero attached hydrogens (tertiary/aromatic N) is 2. The number of benzene rings is 2. The highest BCUT2D eigenvalue weighted by atomic mass is 19.2. The average molecular weight is 439 g/mol. The zero-order valence-electron chi connectivity index (χ0n) is 17.7. The van der Waals surface area contributed by atoms with E-state index in [1.54, 1.807) is 12.1 Å². The van der Waals surface area contributed by atoms with Gasteiger partial charge < -0.3 is 9.73 Å². The summed E-state index contributed by atoms with van der Waals surface area (Å²) in [7, 11) is 0. The normalized spacial score (nSPS) is 20.0. The van der Waals surface area contributed by atoms with Gasteiger partial charge in [-0.2, -0.15) is 9.37 Å². The van der Waals surface area contributed by atoms with Crippen molar-refractivity contribution in [3.05, 3.63) is 65.6 Å². The van der Waals surface area contributed by atoms with Crippen LogP contribution in [-0.4, -0.2) is 16.0 Å². The minimum atomic E-state index is -1.02. The molecule has 2 aromatic heterocycles. The van der Waals surface area contributed by atoms with Gasteiger partial charge in [-0.3, -0.25) is 4.98 Å². The number of pyridine rings is 1. The zero-order chi connectivity index (χ0) is 22.2. The molecule has 1 aliphatic rings. The number of nitrogens with one attached hydrogen (secondary N) is 1. The maximum atomic E-state index is 13.9. The quantitative estimate of drug-likeness (QED) is 0.365. The molecule has 2 aromatic carbocycles. The molecular formula is C25H24F3N3O. The first kappa shape index (κ1) is 20.8. The standard InChI is InChI=1S/C25H24F3N3O/c1-14(30-25-31-22-9-7-20(27)23(28)24(22)32-25)12-15-2-4-16(5-3-15)18-10-11-29-21-8-6-17(26)13-19(18)21/h6-11,13-16H,2-5,12H2,1H3,(H,30,31). The van der Waals surface area contributed by atoms with E-state index < -0.39 is 11.6 Å². The lowest BCUT2D eigenvalue weighted by Crippen LogP contribution is -2.23. The van der Waals surface area contributed by atoms with Crippen LogP contribution in [0, 0.1) is 23.4 Å². The van der Waals surface area contributed by atoms with Crippen molar-refractivity contribution < 1.29 is 17.6 Å². The molecule has 4 aromatic rings. The molecule has 1 aliphatic carbocycles. The third kappa shape index (κ3) is 4.04. The van der Waals surface area contributed by atoms with Gasteiger partial charge in [0.05, 0.1) is 5.52 Å². The molecule has 0 amide bonds. The minimum absolute atomic E-state index is 0.0772. The van der Waals surface area contributed by atoms with E-state index in [1.165, 1.54) is 17.7 Å². The van der Waals surface area contributed by atoms with Gasteiger partial charge in [0.2, 0.25) is 5.82 Å². The molecule has 1 fully saturated rings. The molecule has 7 heteroatoms. The van der Waals surface area contributed by atoms with Gasteiger partial charge in [0, 0.05) is 17.6 Å². The van der Waals surface area contributed by atoms with Crippen molar-refractivity contribution in [3.63, 3.8) is 0 Å². The van der Waals surface area contributed by atoms with Crippen molar-refractivity contribution in [3.8, 4) is 0 Å². The van der Waals surface area contributed by atoms with E-state index in [1.807, 2.05) is 19.2 Å². The molecule has 0 bridgehead atoms. The lowest BCUT2D eigenvalue weighted by molar-refractivity contribution is 0.301. The second-order valence-corrected chi connectivity index (χ2v) is 8.79. The maximum Gasteiger partial charge on any atom is 0.296 e. The fourth-order valence-corrected chi connectivity index (χ4v) is 4.97. The van der Waals surface area contributed by atoms with Crippen LogP contribution in [0.1, 0.15) is 50.5 Å². The molecule has 1 atom stereocenters. The average Bonchev–Trinajstić information content (AvgIpc) is 3.19. The second kappa shape index (κ2) is 8.45. The monoisotopic (exact) mass is 439 g/mol. The van der Waals surface area contributed by atoms with Crippen molar-refractivity contribution in [2.75, 3.05) is 5.32 Å². The topological polar surface area (TPSA) is 51.0 Å². The first-order chi connectivity index (χ1) is 15.5. The summed E-state index contributed by atoms with van der Waals surface area (Å²) in [5.74, 6) is -1.26. The lowest BCUT2D eigenvalue weighted by atomic mass is 9.76. The van der Waals surface area contributed by atoms with Crippen LogP contribution in [0.5, 0.6) is 0 Å². The number of fused-ring (bicyclic) bond motifs is 2. The van der Waals surface area contributed by atoms with Crippen LogP contribution in [0.2, 0.25) is 0 Å². The Morgan fingerprint density at radius 3 is 2.62 bits per heavy atom. The molecule has 1 unspecified atom stereocenters. The Morgan fingerprint density at radius 1 is 1.03 bits per heavy atom. The smallest absolute Gasteiger partial charge is 0.296 e. The SMILES string of the molecule is CC(CC1CCC(c2ccnc3ccc(F)cc23)CC1)Nc1nc2ccc(F)c(F)c2o1. The number of oxazole rings is 1. The Bertz CT molecular complexity index is 1260. The van der Waals surface area contributed by atoms with Gasteiger partial charge >= 0.3 is 0 Å². The van der Waals surface area contributed by atoms with Crippen LogP contribution in [-0.2, 0) is 0 Å². The van der Waals surface area contributed by atoms with Crippen molar-refractivity contribution in [2.45, 2.75) is 51.0 Å². The maximum absolute atomic E-state index is 13.9. The zero-order valence-corrected chi connectivity index (χ0v) is 17.7. The molecule has 0 spiro atoms. The molecule has 166 valence electrons.